The van der Waals surface area contributed by atoms with Gasteiger partial charge in [0.1, 0.15) is 0 Å². The SMILES string of the molecule is NC(=O)c1ccccc1.NS(=O)(=O)c1ccccc1. The zero-order valence-corrected chi connectivity index (χ0v) is 10.9. The van der Waals surface area contributed by atoms with Crippen LogP contribution in [0.15, 0.2) is 65.6 Å². The van der Waals surface area contributed by atoms with E-state index in [1.54, 1.807) is 42.5 Å². The van der Waals surface area contributed by atoms with Gasteiger partial charge in [0.2, 0.25) is 15.9 Å². The molecule has 0 saturated heterocycles. The van der Waals surface area contributed by atoms with Gasteiger partial charge in [0.05, 0.1) is 4.90 Å². The normalized spacial score (nSPS) is 10.2. The zero-order chi connectivity index (χ0) is 14.3. The van der Waals surface area contributed by atoms with Gasteiger partial charge in [0, 0.05) is 5.56 Å². The standard InChI is InChI=1S/C7H7NO.C6H7NO2S/c8-7(9)6-4-2-1-3-5-6;7-10(8,9)6-4-2-1-3-5-6/h1-5H,(H2,8,9);1-5H,(H2,7,8,9). The summed E-state index contributed by atoms with van der Waals surface area (Å²) in [6.07, 6.45) is 0. The second kappa shape index (κ2) is 6.67. The molecule has 0 unspecified atom stereocenters. The van der Waals surface area contributed by atoms with E-state index < -0.39 is 10.0 Å². The van der Waals surface area contributed by atoms with Gasteiger partial charge in [-0.3, -0.25) is 4.79 Å². The summed E-state index contributed by atoms with van der Waals surface area (Å²) < 4.78 is 21.2. The van der Waals surface area contributed by atoms with Crippen molar-refractivity contribution in [1.82, 2.24) is 0 Å². The highest BCUT2D eigenvalue weighted by Gasteiger charge is 2.03. The van der Waals surface area contributed by atoms with E-state index in [2.05, 4.69) is 0 Å². The molecule has 0 spiro atoms. The lowest BCUT2D eigenvalue weighted by Crippen LogP contribution is -2.11. The number of amides is 1. The molecule has 0 atom stereocenters. The number of carbonyl (C=O) groups excluding carboxylic acids is 1. The van der Waals surface area contributed by atoms with Crippen molar-refractivity contribution in [3.63, 3.8) is 0 Å². The largest absolute Gasteiger partial charge is 0.366 e. The molecule has 2 rings (SSSR count). The Morgan fingerprint density at radius 2 is 1.26 bits per heavy atom. The first-order valence-corrected chi connectivity index (χ1v) is 6.88. The van der Waals surface area contributed by atoms with E-state index in [9.17, 15) is 13.2 Å². The van der Waals surface area contributed by atoms with Crippen molar-refractivity contribution in [2.45, 2.75) is 4.90 Å². The minimum atomic E-state index is -3.50. The van der Waals surface area contributed by atoms with Crippen LogP contribution in [0.2, 0.25) is 0 Å². The third kappa shape index (κ3) is 5.33. The summed E-state index contributed by atoms with van der Waals surface area (Å²) in [7, 11) is -3.50. The molecule has 0 radical (unpaired) electrons. The van der Waals surface area contributed by atoms with Crippen molar-refractivity contribution in [3.05, 3.63) is 66.2 Å². The highest BCUT2D eigenvalue weighted by Crippen LogP contribution is 2.03. The summed E-state index contributed by atoms with van der Waals surface area (Å²) in [5.41, 5.74) is 5.53. The first-order valence-electron chi connectivity index (χ1n) is 5.34. The van der Waals surface area contributed by atoms with Crippen molar-refractivity contribution in [1.29, 1.82) is 0 Å². The van der Waals surface area contributed by atoms with E-state index in [4.69, 9.17) is 10.9 Å². The van der Waals surface area contributed by atoms with Gasteiger partial charge in [-0.2, -0.15) is 0 Å². The number of benzene rings is 2. The molecular weight excluding hydrogens is 264 g/mol. The topological polar surface area (TPSA) is 103 Å². The molecule has 5 nitrogen and oxygen atoms in total. The Labute approximate surface area is 111 Å². The molecular formula is C13H14N2O3S. The summed E-state index contributed by atoms with van der Waals surface area (Å²) in [6, 6.07) is 16.6. The van der Waals surface area contributed by atoms with Crippen molar-refractivity contribution in [2.24, 2.45) is 10.9 Å². The van der Waals surface area contributed by atoms with Gasteiger partial charge in [-0.25, -0.2) is 13.6 Å². The highest BCUT2D eigenvalue weighted by molar-refractivity contribution is 7.89. The smallest absolute Gasteiger partial charge is 0.248 e. The van der Waals surface area contributed by atoms with Crippen molar-refractivity contribution in [2.75, 3.05) is 0 Å². The Kier molecular flexibility index (Phi) is 5.23. The van der Waals surface area contributed by atoms with Crippen molar-refractivity contribution in [3.8, 4) is 0 Å². The van der Waals surface area contributed by atoms with Gasteiger partial charge in [-0.1, -0.05) is 36.4 Å². The van der Waals surface area contributed by atoms with Gasteiger partial charge in [0.15, 0.2) is 0 Å². The summed E-state index contributed by atoms with van der Waals surface area (Å²) >= 11 is 0. The molecule has 100 valence electrons. The Morgan fingerprint density at radius 3 is 1.53 bits per heavy atom. The van der Waals surface area contributed by atoms with Crippen LogP contribution in [0.3, 0.4) is 0 Å². The van der Waals surface area contributed by atoms with Crippen LogP contribution in [0.1, 0.15) is 10.4 Å². The molecule has 0 aromatic heterocycles. The van der Waals surface area contributed by atoms with Gasteiger partial charge in [-0.15, -0.1) is 0 Å². The molecule has 0 fully saturated rings. The molecule has 19 heavy (non-hydrogen) atoms. The first kappa shape index (κ1) is 14.9. The lowest BCUT2D eigenvalue weighted by molar-refractivity contribution is 0.100. The molecule has 0 aliphatic rings. The molecule has 2 aromatic rings. The Bertz CT molecular complexity index is 625. The molecule has 6 heteroatoms. The number of hydrogen-bond donors (Lipinski definition) is 2. The van der Waals surface area contributed by atoms with Gasteiger partial charge in [-0.05, 0) is 24.3 Å². The van der Waals surface area contributed by atoms with Crippen molar-refractivity contribution < 1.29 is 13.2 Å². The second-order valence-corrected chi connectivity index (χ2v) is 5.15. The number of sulfonamides is 1. The number of primary sulfonamides is 1. The third-order valence-electron chi connectivity index (χ3n) is 2.13. The van der Waals surface area contributed by atoms with Gasteiger partial charge < -0.3 is 5.73 Å². The van der Waals surface area contributed by atoms with Gasteiger partial charge >= 0.3 is 0 Å². The molecule has 0 saturated carbocycles. The lowest BCUT2D eigenvalue weighted by atomic mass is 10.2. The molecule has 2 aromatic carbocycles. The average molecular weight is 278 g/mol. The Morgan fingerprint density at radius 1 is 0.842 bits per heavy atom. The molecule has 0 heterocycles. The Balaban J connectivity index is 0.000000191. The summed E-state index contributed by atoms with van der Waals surface area (Å²) in [5.74, 6) is -0.379. The highest BCUT2D eigenvalue weighted by atomic mass is 32.2. The number of hydrogen-bond acceptors (Lipinski definition) is 3. The molecule has 1 amide bonds. The van der Waals surface area contributed by atoms with Crippen LogP contribution in [0, 0.1) is 0 Å². The molecule has 0 bridgehead atoms. The summed E-state index contributed by atoms with van der Waals surface area (Å²) in [5, 5.41) is 4.83. The van der Waals surface area contributed by atoms with E-state index in [1.165, 1.54) is 12.1 Å². The van der Waals surface area contributed by atoms with E-state index in [0.717, 1.165) is 0 Å². The maximum atomic E-state index is 10.6. The third-order valence-corrected chi connectivity index (χ3v) is 3.06. The van der Waals surface area contributed by atoms with E-state index in [-0.39, 0.29) is 10.8 Å². The molecule has 0 aliphatic heterocycles. The quantitative estimate of drug-likeness (QED) is 0.860. The molecule has 4 N–H and O–H groups in total. The van der Waals surface area contributed by atoms with E-state index >= 15 is 0 Å². The van der Waals surface area contributed by atoms with Crippen molar-refractivity contribution >= 4 is 15.9 Å². The molecule has 0 aliphatic carbocycles. The van der Waals surface area contributed by atoms with Crippen LogP contribution in [0.4, 0.5) is 0 Å². The summed E-state index contributed by atoms with van der Waals surface area (Å²) in [6.45, 7) is 0. The van der Waals surface area contributed by atoms with Crippen LogP contribution >= 0.6 is 0 Å². The average Bonchev–Trinajstić information content (AvgIpc) is 2.40. The number of nitrogens with two attached hydrogens (primary N) is 2. The number of carbonyl (C=O) groups is 1. The van der Waals surface area contributed by atoms with Crippen LogP contribution in [0.5, 0.6) is 0 Å². The minimum Gasteiger partial charge on any atom is -0.366 e. The fraction of sp³-hybridized carbons (Fsp3) is 0. The zero-order valence-electron chi connectivity index (χ0n) is 10.1. The Hall–Kier alpha value is -2.18. The van der Waals surface area contributed by atoms with E-state index in [1.807, 2.05) is 6.07 Å². The fourth-order valence-electron chi connectivity index (χ4n) is 1.21. The second-order valence-electron chi connectivity index (χ2n) is 3.59. The predicted octanol–water partition coefficient (Wildman–Crippen LogP) is 1.12. The van der Waals surface area contributed by atoms with Crippen LogP contribution in [-0.4, -0.2) is 14.3 Å². The van der Waals surface area contributed by atoms with Gasteiger partial charge in [0.25, 0.3) is 0 Å². The minimum absolute atomic E-state index is 0.148. The first-order chi connectivity index (χ1) is 8.91. The van der Waals surface area contributed by atoms with Crippen LogP contribution < -0.4 is 10.9 Å². The maximum Gasteiger partial charge on any atom is 0.248 e. The number of rotatable bonds is 2. The predicted molar refractivity (Wildman–Crippen MR) is 72.8 cm³/mol. The summed E-state index contributed by atoms with van der Waals surface area (Å²) in [4.78, 5) is 10.6. The van der Waals surface area contributed by atoms with E-state index in [0.29, 0.717) is 5.56 Å². The maximum absolute atomic E-state index is 10.6. The fourth-order valence-corrected chi connectivity index (χ4v) is 1.75. The van der Waals surface area contributed by atoms with Crippen LogP contribution in [0.25, 0.3) is 0 Å². The number of primary amides is 1. The monoisotopic (exact) mass is 278 g/mol. The lowest BCUT2D eigenvalue weighted by Gasteiger charge is -1.93. The van der Waals surface area contributed by atoms with Crippen LogP contribution in [-0.2, 0) is 10.0 Å².